The van der Waals surface area contributed by atoms with Crippen molar-refractivity contribution in [2.45, 2.75) is 25.1 Å². The largest absolute Gasteiger partial charge is 0.415 e. The van der Waals surface area contributed by atoms with E-state index in [-0.39, 0.29) is 23.8 Å². The molecule has 2 aromatic carbocycles. The van der Waals surface area contributed by atoms with Crippen LogP contribution in [-0.4, -0.2) is 62.3 Å². The predicted molar refractivity (Wildman–Crippen MR) is 117 cm³/mol. The summed E-state index contributed by atoms with van der Waals surface area (Å²) in [6, 6.07) is 9.78. The number of anilines is 1. The standard InChI is InChI=1S/C23H19F4N7O/c1-32-10-20-19(32)11-34(20)18-7-12(4-5-15(18)24)17-9-33(31-28-17)8-14-3-2-13(6-16(14)25)22-29-30-23(35-22)21(26)27/h2-7,9,19-21H,8,10-11H2,1H3/t19?,20-/m1/s1. The predicted octanol–water partition coefficient (Wildman–Crippen LogP) is 3.76. The quantitative estimate of drug-likeness (QED) is 0.385. The molecule has 0 N–H and O–H groups in total. The molecule has 0 spiro atoms. The first-order valence-corrected chi connectivity index (χ1v) is 10.9. The highest BCUT2D eigenvalue weighted by Crippen LogP contribution is 2.38. The molecule has 2 aromatic heterocycles. The zero-order valence-electron chi connectivity index (χ0n) is 18.4. The van der Waals surface area contributed by atoms with E-state index in [0.29, 0.717) is 34.6 Å². The lowest BCUT2D eigenvalue weighted by Gasteiger charge is -2.62. The van der Waals surface area contributed by atoms with Gasteiger partial charge in [0.15, 0.2) is 0 Å². The zero-order chi connectivity index (χ0) is 24.3. The fraction of sp³-hybridized carbons (Fsp3) is 0.304. The minimum Gasteiger partial charge on any atom is -0.415 e. The molecule has 6 rings (SSSR count). The highest BCUT2D eigenvalue weighted by molar-refractivity contribution is 5.67. The monoisotopic (exact) mass is 485 g/mol. The van der Waals surface area contributed by atoms with E-state index in [0.717, 1.165) is 19.2 Å². The Hall–Kier alpha value is -3.80. The lowest BCUT2D eigenvalue weighted by molar-refractivity contribution is 0.0363. The van der Waals surface area contributed by atoms with Crippen molar-refractivity contribution in [3.8, 4) is 22.7 Å². The third-order valence-corrected chi connectivity index (χ3v) is 6.62. The molecule has 2 aliphatic rings. The Labute approximate surface area is 196 Å². The number of likely N-dealkylation sites (tertiary alicyclic amines) is 1. The van der Waals surface area contributed by atoms with Crippen LogP contribution < -0.4 is 4.90 Å². The van der Waals surface area contributed by atoms with Gasteiger partial charge in [-0.2, -0.15) is 8.78 Å². The molecule has 1 unspecified atom stereocenters. The van der Waals surface area contributed by atoms with Gasteiger partial charge in [0.25, 0.3) is 5.89 Å². The van der Waals surface area contributed by atoms with Crippen LogP contribution in [0.25, 0.3) is 22.7 Å². The number of benzene rings is 2. The van der Waals surface area contributed by atoms with Crippen molar-refractivity contribution in [1.29, 1.82) is 0 Å². The van der Waals surface area contributed by atoms with E-state index in [1.54, 1.807) is 18.3 Å². The van der Waals surface area contributed by atoms with Gasteiger partial charge in [0, 0.05) is 35.8 Å². The molecule has 4 heterocycles. The lowest BCUT2D eigenvalue weighted by Crippen LogP contribution is -2.78. The van der Waals surface area contributed by atoms with Crippen LogP contribution in [0.3, 0.4) is 0 Å². The van der Waals surface area contributed by atoms with Gasteiger partial charge in [-0.05, 0) is 37.4 Å². The molecule has 0 radical (unpaired) electrons. The number of aromatic nitrogens is 5. The molecule has 0 aliphatic carbocycles. The number of nitrogens with zero attached hydrogens (tertiary/aromatic N) is 7. The van der Waals surface area contributed by atoms with Crippen LogP contribution in [0.4, 0.5) is 23.2 Å². The van der Waals surface area contributed by atoms with Gasteiger partial charge < -0.3 is 9.32 Å². The van der Waals surface area contributed by atoms with Crippen molar-refractivity contribution < 1.29 is 22.0 Å². The van der Waals surface area contributed by atoms with Crippen LogP contribution in [0.5, 0.6) is 0 Å². The highest BCUT2D eigenvalue weighted by atomic mass is 19.3. The summed E-state index contributed by atoms with van der Waals surface area (Å²) in [4.78, 5) is 4.32. The van der Waals surface area contributed by atoms with Crippen LogP contribution in [-0.2, 0) is 6.54 Å². The van der Waals surface area contributed by atoms with Crippen molar-refractivity contribution in [2.75, 3.05) is 25.0 Å². The Balaban J connectivity index is 1.19. The Bertz CT molecular complexity index is 1400. The number of rotatable bonds is 6. The molecule has 2 aliphatic heterocycles. The van der Waals surface area contributed by atoms with E-state index in [1.165, 1.54) is 22.9 Å². The molecule has 4 aromatic rings. The van der Waals surface area contributed by atoms with Crippen LogP contribution in [0.2, 0.25) is 0 Å². The Morgan fingerprint density at radius 2 is 1.80 bits per heavy atom. The number of alkyl halides is 2. The van der Waals surface area contributed by atoms with Gasteiger partial charge >= 0.3 is 6.43 Å². The van der Waals surface area contributed by atoms with Gasteiger partial charge in [-0.3, -0.25) is 4.90 Å². The maximum Gasteiger partial charge on any atom is 0.314 e. The molecule has 0 amide bonds. The first kappa shape index (κ1) is 21.7. The third-order valence-electron chi connectivity index (χ3n) is 6.62. The van der Waals surface area contributed by atoms with Crippen molar-refractivity contribution in [1.82, 2.24) is 30.1 Å². The SMILES string of the molecule is CN1C[C@@H]2C1CN2c1cc(-c2cn(Cc3ccc(-c4nnc(C(F)F)o4)cc3F)nn2)ccc1F. The first-order chi connectivity index (χ1) is 16.9. The fourth-order valence-corrected chi connectivity index (χ4v) is 4.57. The fourth-order valence-electron chi connectivity index (χ4n) is 4.57. The summed E-state index contributed by atoms with van der Waals surface area (Å²) in [6.07, 6.45) is -1.24. The zero-order valence-corrected chi connectivity index (χ0v) is 18.4. The molecule has 2 fully saturated rings. The maximum atomic E-state index is 14.7. The smallest absolute Gasteiger partial charge is 0.314 e. The molecule has 0 bridgehead atoms. The number of hydrogen-bond acceptors (Lipinski definition) is 7. The van der Waals surface area contributed by atoms with Gasteiger partial charge in [0.05, 0.1) is 24.5 Å². The summed E-state index contributed by atoms with van der Waals surface area (Å²) in [5.74, 6) is -1.88. The molecule has 0 saturated carbocycles. The van der Waals surface area contributed by atoms with Crippen LogP contribution in [0.1, 0.15) is 17.9 Å². The Morgan fingerprint density at radius 1 is 0.971 bits per heavy atom. The van der Waals surface area contributed by atoms with E-state index in [1.807, 2.05) is 0 Å². The minimum atomic E-state index is -2.90. The molecular formula is C23H19F4N7O. The first-order valence-electron chi connectivity index (χ1n) is 10.9. The van der Waals surface area contributed by atoms with E-state index < -0.39 is 18.1 Å². The second-order valence-corrected chi connectivity index (χ2v) is 8.75. The van der Waals surface area contributed by atoms with Crippen LogP contribution in [0, 0.1) is 11.6 Å². The summed E-state index contributed by atoms with van der Waals surface area (Å²) in [6.45, 7) is 1.78. The summed E-state index contributed by atoms with van der Waals surface area (Å²) in [5.41, 5.74) is 2.29. The molecule has 35 heavy (non-hydrogen) atoms. The summed E-state index contributed by atoms with van der Waals surface area (Å²) < 4.78 is 60.9. The number of fused-ring (bicyclic) bond motifs is 1. The molecule has 180 valence electrons. The minimum absolute atomic E-state index is 0.0848. The molecule has 2 atom stereocenters. The van der Waals surface area contributed by atoms with Crippen molar-refractivity contribution in [3.63, 3.8) is 0 Å². The molecule has 12 heteroatoms. The normalized spacial score (nSPS) is 19.5. The van der Waals surface area contributed by atoms with Gasteiger partial charge in [0.2, 0.25) is 5.89 Å². The van der Waals surface area contributed by atoms with Gasteiger partial charge in [-0.25, -0.2) is 13.5 Å². The van der Waals surface area contributed by atoms with Crippen LogP contribution in [0.15, 0.2) is 47.0 Å². The molecule has 8 nitrogen and oxygen atoms in total. The number of hydrogen-bond donors (Lipinski definition) is 0. The summed E-state index contributed by atoms with van der Waals surface area (Å²) in [5, 5.41) is 15.0. The Kier molecular flexibility index (Phi) is 5.06. The van der Waals surface area contributed by atoms with Crippen molar-refractivity contribution >= 4 is 5.69 Å². The number of halogens is 4. The third kappa shape index (κ3) is 3.73. The second kappa shape index (κ2) is 8.15. The van der Waals surface area contributed by atoms with E-state index in [9.17, 15) is 17.6 Å². The van der Waals surface area contributed by atoms with Gasteiger partial charge in [0.1, 0.15) is 17.3 Å². The highest BCUT2D eigenvalue weighted by Gasteiger charge is 2.50. The maximum absolute atomic E-state index is 14.7. The van der Waals surface area contributed by atoms with E-state index in [2.05, 4.69) is 37.4 Å². The number of piperazine rings is 1. The lowest BCUT2D eigenvalue weighted by atomic mass is 9.85. The second-order valence-electron chi connectivity index (χ2n) is 8.75. The average Bonchev–Trinajstić information content (AvgIpc) is 3.50. The van der Waals surface area contributed by atoms with Gasteiger partial charge in [-0.1, -0.05) is 11.3 Å². The average molecular weight is 485 g/mol. The van der Waals surface area contributed by atoms with E-state index >= 15 is 0 Å². The van der Waals surface area contributed by atoms with Crippen molar-refractivity contribution in [2.24, 2.45) is 0 Å². The topological polar surface area (TPSA) is 76.1 Å². The Morgan fingerprint density at radius 3 is 2.49 bits per heavy atom. The summed E-state index contributed by atoms with van der Waals surface area (Å²) in [7, 11) is 2.06. The van der Waals surface area contributed by atoms with Crippen molar-refractivity contribution in [3.05, 3.63) is 65.7 Å². The van der Waals surface area contributed by atoms with Crippen LogP contribution >= 0.6 is 0 Å². The van der Waals surface area contributed by atoms with Gasteiger partial charge in [-0.15, -0.1) is 15.3 Å². The number of likely N-dealkylation sites (N-methyl/N-ethyl adjacent to an activating group) is 1. The summed E-state index contributed by atoms with van der Waals surface area (Å²) >= 11 is 0. The van der Waals surface area contributed by atoms with E-state index in [4.69, 9.17) is 4.42 Å². The molecular weight excluding hydrogens is 466 g/mol. The molecule has 2 saturated heterocycles.